The van der Waals surface area contributed by atoms with Gasteiger partial charge in [-0.1, -0.05) is 94.0 Å². The van der Waals surface area contributed by atoms with E-state index in [1.54, 1.807) is 24.3 Å². The van der Waals surface area contributed by atoms with E-state index in [9.17, 15) is 4.79 Å². The average Bonchev–Trinajstić information content (AvgIpc) is 2.88. The van der Waals surface area contributed by atoms with Crippen molar-refractivity contribution in [3.05, 3.63) is 83.9 Å². The molecule has 1 N–H and O–H groups in total. The number of benzene rings is 3. The van der Waals surface area contributed by atoms with E-state index in [0.717, 1.165) is 12.0 Å². The Morgan fingerprint density at radius 2 is 1.23 bits per heavy atom. The molecule has 0 aliphatic rings. The Morgan fingerprint density at radius 3 is 1.80 bits per heavy atom. The molecule has 0 unspecified atom stereocenters. The molecule has 186 valence electrons. The van der Waals surface area contributed by atoms with E-state index in [1.807, 2.05) is 0 Å². The molecule has 4 nitrogen and oxygen atoms in total. The van der Waals surface area contributed by atoms with E-state index in [1.165, 1.54) is 68.6 Å². The number of ether oxygens (including phenoxy) is 2. The van der Waals surface area contributed by atoms with Gasteiger partial charge in [-0.05, 0) is 66.3 Å². The summed E-state index contributed by atoms with van der Waals surface area (Å²) in [6, 6.07) is 24.4. The highest BCUT2D eigenvalue weighted by Crippen LogP contribution is 2.23. The van der Waals surface area contributed by atoms with Crippen LogP contribution in [0.2, 0.25) is 0 Å². The highest BCUT2D eigenvalue weighted by atomic mass is 16.5. The highest BCUT2D eigenvalue weighted by Gasteiger charge is 2.12. The molecule has 0 aliphatic heterocycles. The van der Waals surface area contributed by atoms with E-state index in [2.05, 4.69) is 55.5 Å². The Kier molecular flexibility index (Phi) is 10.7. The van der Waals surface area contributed by atoms with Crippen molar-refractivity contribution in [3.63, 3.8) is 0 Å². The largest absolute Gasteiger partial charge is 0.489 e. The maximum absolute atomic E-state index is 10.9. The number of carbonyl (C=O) groups is 1. The first-order valence-corrected chi connectivity index (χ1v) is 12.9. The number of hydrogen-bond donors (Lipinski definition) is 1. The van der Waals surface area contributed by atoms with Gasteiger partial charge in [0.25, 0.3) is 0 Å². The van der Waals surface area contributed by atoms with E-state index < -0.39 is 12.1 Å². The lowest BCUT2D eigenvalue weighted by atomic mass is 10.00. The molecular formula is C31H38O4. The molecule has 0 fully saturated rings. The van der Waals surface area contributed by atoms with Gasteiger partial charge in [0.15, 0.2) is 6.10 Å². The minimum absolute atomic E-state index is 0.462. The summed E-state index contributed by atoms with van der Waals surface area (Å²) in [7, 11) is 0. The predicted molar refractivity (Wildman–Crippen MR) is 142 cm³/mol. The number of aliphatic carboxylic acids is 1. The summed E-state index contributed by atoms with van der Waals surface area (Å²) in [5.41, 5.74) is 4.93. The summed E-state index contributed by atoms with van der Waals surface area (Å²) < 4.78 is 11.2. The molecule has 0 aromatic heterocycles. The molecule has 3 aromatic carbocycles. The van der Waals surface area contributed by atoms with Crippen molar-refractivity contribution in [1.82, 2.24) is 0 Å². The van der Waals surface area contributed by atoms with E-state index in [-0.39, 0.29) is 0 Å². The van der Waals surface area contributed by atoms with Gasteiger partial charge in [0.2, 0.25) is 0 Å². The Labute approximate surface area is 209 Å². The SMILES string of the molecule is CCCCCCCCCc1ccc(-c2ccc(COc3ccc(O[C@H](C)C(=O)O)cc3)cc2)cc1. The van der Waals surface area contributed by atoms with Gasteiger partial charge < -0.3 is 14.6 Å². The average molecular weight is 475 g/mol. The molecule has 1 atom stereocenters. The Bertz CT molecular complexity index is 1010. The molecule has 3 rings (SSSR count). The molecule has 0 spiro atoms. The molecule has 4 heteroatoms. The van der Waals surface area contributed by atoms with Gasteiger partial charge in [-0.15, -0.1) is 0 Å². The lowest BCUT2D eigenvalue weighted by molar-refractivity contribution is -0.144. The van der Waals surface area contributed by atoms with Crippen LogP contribution in [0.15, 0.2) is 72.8 Å². The first-order valence-electron chi connectivity index (χ1n) is 12.9. The van der Waals surface area contributed by atoms with Crippen molar-refractivity contribution < 1.29 is 19.4 Å². The third-order valence-electron chi connectivity index (χ3n) is 6.20. The second kappa shape index (κ2) is 14.2. The molecule has 0 saturated heterocycles. The van der Waals surface area contributed by atoms with Crippen molar-refractivity contribution in [2.75, 3.05) is 0 Å². The lowest BCUT2D eigenvalue weighted by Crippen LogP contribution is -2.22. The third-order valence-corrected chi connectivity index (χ3v) is 6.20. The number of unbranched alkanes of at least 4 members (excludes halogenated alkanes) is 6. The first kappa shape index (κ1) is 26.3. The van der Waals surface area contributed by atoms with E-state index >= 15 is 0 Å². The van der Waals surface area contributed by atoms with E-state index in [0.29, 0.717) is 18.1 Å². The van der Waals surface area contributed by atoms with Crippen LogP contribution in [0.3, 0.4) is 0 Å². The molecule has 0 amide bonds. The summed E-state index contributed by atoms with van der Waals surface area (Å²) in [6.45, 7) is 4.23. The van der Waals surface area contributed by atoms with Gasteiger partial charge >= 0.3 is 5.97 Å². The Balaban J connectivity index is 1.43. The molecular weight excluding hydrogens is 436 g/mol. The van der Waals surface area contributed by atoms with Crippen molar-refractivity contribution >= 4 is 5.97 Å². The lowest BCUT2D eigenvalue weighted by Gasteiger charge is -2.11. The van der Waals surface area contributed by atoms with Gasteiger partial charge in [-0.25, -0.2) is 4.79 Å². The van der Waals surface area contributed by atoms with Crippen LogP contribution in [0.4, 0.5) is 0 Å². The zero-order valence-corrected chi connectivity index (χ0v) is 21.0. The maximum atomic E-state index is 10.9. The fraction of sp³-hybridized carbons (Fsp3) is 0.387. The number of hydrogen-bond acceptors (Lipinski definition) is 3. The van der Waals surface area contributed by atoms with Crippen LogP contribution in [0, 0.1) is 0 Å². The number of carboxylic acid groups (broad SMARTS) is 1. The summed E-state index contributed by atoms with van der Waals surface area (Å²) in [4.78, 5) is 10.9. The van der Waals surface area contributed by atoms with Gasteiger partial charge in [-0.3, -0.25) is 0 Å². The van der Waals surface area contributed by atoms with Gasteiger partial charge in [-0.2, -0.15) is 0 Å². The van der Waals surface area contributed by atoms with Gasteiger partial charge in [0.05, 0.1) is 0 Å². The monoisotopic (exact) mass is 474 g/mol. The summed E-state index contributed by atoms with van der Waals surface area (Å²) in [5.74, 6) is 0.221. The second-order valence-electron chi connectivity index (χ2n) is 9.12. The number of carboxylic acids is 1. The molecule has 0 radical (unpaired) electrons. The van der Waals surface area contributed by atoms with Gasteiger partial charge in [0, 0.05) is 0 Å². The highest BCUT2D eigenvalue weighted by molar-refractivity contribution is 5.72. The summed E-state index contributed by atoms with van der Waals surface area (Å²) in [6.07, 6.45) is 9.69. The molecule has 0 heterocycles. The Morgan fingerprint density at radius 1 is 0.714 bits per heavy atom. The number of rotatable bonds is 15. The third kappa shape index (κ3) is 9.12. The quantitative estimate of drug-likeness (QED) is 0.226. The van der Waals surface area contributed by atoms with Crippen LogP contribution >= 0.6 is 0 Å². The van der Waals surface area contributed by atoms with Crippen LogP contribution in [-0.2, 0) is 17.8 Å². The minimum atomic E-state index is -0.992. The molecule has 35 heavy (non-hydrogen) atoms. The van der Waals surface area contributed by atoms with Crippen molar-refractivity contribution in [2.24, 2.45) is 0 Å². The fourth-order valence-electron chi connectivity index (χ4n) is 3.98. The van der Waals surface area contributed by atoms with Crippen LogP contribution in [-0.4, -0.2) is 17.2 Å². The van der Waals surface area contributed by atoms with Crippen molar-refractivity contribution in [1.29, 1.82) is 0 Å². The topological polar surface area (TPSA) is 55.8 Å². The molecule has 3 aromatic rings. The van der Waals surface area contributed by atoms with Crippen LogP contribution in [0.5, 0.6) is 11.5 Å². The smallest absolute Gasteiger partial charge is 0.344 e. The van der Waals surface area contributed by atoms with Crippen LogP contribution < -0.4 is 9.47 Å². The zero-order valence-electron chi connectivity index (χ0n) is 21.0. The first-order chi connectivity index (χ1) is 17.0. The Hall–Kier alpha value is -3.27. The van der Waals surface area contributed by atoms with Crippen LogP contribution in [0.25, 0.3) is 11.1 Å². The second-order valence-corrected chi connectivity index (χ2v) is 9.12. The van der Waals surface area contributed by atoms with Crippen molar-refractivity contribution in [3.8, 4) is 22.6 Å². The summed E-state index contributed by atoms with van der Waals surface area (Å²) in [5, 5.41) is 8.93. The fourth-order valence-corrected chi connectivity index (χ4v) is 3.98. The molecule has 0 saturated carbocycles. The van der Waals surface area contributed by atoms with Crippen molar-refractivity contribution in [2.45, 2.75) is 77.9 Å². The van der Waals surface area contributed by atoms with Crippen LogP contribution in [0.1, 0.15) is 69.9 Å². The number of aryl methyl sites for hydroxylation is 1. The normalized spacial score (nSPS) is 11.7. The molecule has 0 bridgehead atoms. The summed E-state index contributed by atoms with van der Waals surface area (Å²) >= 11 is 0. The zero-order chi connectivity index (χ0) is 24.9. The predicted octanol–water partition coefficient (Wildman–Crippen LogP) is 8.08. The standard InChI is InChI=1S/C31H38O4/c1-3-4-5-6-7-8-9-10-25-11-15-27(16-12-25)28-17-13-26(14-18-28)23-34-29-19-21-30(22-20-29)35-24(2)31(32)33/h11-22,24H,3-10,23H2,1-2H3,(H,32,33)/t24-/m1/s1. The molecule has 0 aliphatic carbocycles. The minimum Gasteiger partial charge on any atom is -0.489 e. The van der Waals surface area contributed by atoms with Gasteiger partial charge in [0.1, 0.15) is 18.1 Å². The van der Waals surface area contributed by atoms with E-state index in [4.69, 9.17) is 14.6 Å². The maximum Gasteiger partial charge on any atom is 0.344 e.